The number of para-hydroxylation sites is 1. The molecule has 2 aliphatic carbocycles. The lowest BCUT2D eigenvalue weighted by Gasteiger charge is -2.33. The number of hydrogen-bond acceptors (Lipinski definition) is 8. The molecule has 35 heavy (non-hydrogen) atoms. The van der Waals surface area contributed by atoms with Crippen LogP contribution in [0, 0.1) is 0 Å². The van der Waals surface area contributed by atoms with Gasteiger partial charge in [0, 0.05) is 28.8 Å². The van der Waals surface area contributed by atoms with Crippen molar-refractivity contribution in [2.75, 3.05) is 18.9 Å². The molecular formula is C27H30N2O6. The van der Waals surface area contributed by atoms with Gasteiger partial charge >= 0.3 is 5.97 Å². The van der Waals surface area contributed by atoms with E-state index in [4.69, 9.17) is 20.9 Å². The number of unbranched alkanes of at least 4 members (excludes halogenated alkanes) is 3. The van der Waals surface area contributed by atoms with Crippen molar-refractivity contribution < 1.29 is 29.3 Å². The van der Waals surface area contributed by atoms with Crippen LogP contribution in [0.2, 0.25) is 0 Å². The van der Waals surface area contributed by atoms with Gasteiger partial charge in [0.1, 0.15) is 11.9 Å². The molecule has 2 aromatic rings. The zero-order chi connectivity index (χ0) is 24.9. The molecular weight excluding hydrogens is 448 g/mol. The van der Waals surface area contributed by atoms with E-state index in [1.807, 2.05) is 0 Å². The van der Waals surface area contributed by atoms with E-state index < -0.39 is 18.2 Å². The highest BCUT2D eigenvalue weighted by atomic mass is 16.5. The molecule has 0 aliphatic heterocycles. The number of fused-ring (bicyclic) bond motifs is 1. The van der Waals surface area contributed by atoms with Crippen LogP contribution in [-0.4, -0.2) is 41.3 Å². The molecule has 0 radical (unpaired) electrons. The standard InChI is InChI=1S/C27H30N2O6/c28-19-12-6-5-11-18(19)27(33)35-14-8-2-1-7-13-34-21-15-20(30)22-23(24(21)29)26(32)17-10-4-3-9-16(17)25(22)31/h3-6,9-12,20,26,30,32H,1-2,7-8,13-15,28-29H2. The molecule has 4 rings (SSSR count). The number of esters is 1. The van der Waals surface area contributed by atoms with E-state index in [0.29, 0.717) is 47.8 Å². The van der Waals surface area contributed by atoms with Crippen LogP contribution >= 0.6 is 0 Å². The number of ether oxygens (including phenoxy) is 2. The molecule has 184 valence electrons. The smallest absolute Gasteiger partial charge is 0.340 e. The number of aliphatic hydroxyl groups excluding tert-OH is 2. The third-order valence-electron chi connectivity index (χ3n) is 6.34. The number of ketones is 1. The topological polar surface area (TPSA) is 145 Å². The van der Waals surface area contributed by atoms with Crippen molar-refractivity contribution in [1.82, 2.24) is 0 Å². The summed E-state index contributed by atoms with van der Waals surface area (Å²) in [6.45, 7) is 0.689. The van der Waals surface area contributed by atoms with Gasteiger partial charge < -0.3 is 31.2 Å². The first-order valence-electron chi connectivity index (χ1n) is 11.8. The lowest BCUT2D eigenvalue weighted by Crippen LogP contribution is -2.34. The average Bonchev–Trinajstić information content (AvgIpc) is 2.86. The lowest BCUT2D eigenvalue weighted by molar-refractivity contribution is 0.0497. The SMILES string of the molecule is NC1=C(OCCCCCCOC(=O)c2ccccc2N)CC(O)C2=C1C(O)c1ccccc1C2=O. The first-order valence-corrected chi connectivity index (χ1v) is 11.8. The van der Waals surface area contributed by atoms with Gasteiger partial charge in [0.2, 0.25) is 0 Å². The molecule has 8 nitrogen and oxygen atoms in total. The highest BCUT2D eigenvalue weighted by Crippen LogP contribution is 2.42. The van der Waals surface area contributed by atoms with Gasteiger partial charge in [-0.15, -0.1) is 0 Å². The van der Waals surface area contributed by atoms with Gasteiger partial charge in [0.15, 0.2) is 5.78 Å². The Morgan fingerprint density at radius 1 is 0.914 bits per heavy atom. The number of aliphatic hydroxyl groups is 2. The summed E-state index contributed by atoms with van der Waals surface area (Å²) in [5.74, 6) is -0.354. The molecule has 0 spiro atoms. The largest absolute Gasteiger partial charge is 0.496 e. The summed E-state index contributed by atoms with van der Waals surface area (Å²) >= 11 is 0. The van der Waals surface area contributed by atoms with Gasteiger partial charge in [0.25, 0.3) is 0 Å². The van der Waals surface area contributed by atoms with Crippen LogP contribution in [0.25, 0.3) is 0 Å². The zero-order valence-corrected chi connectivity index (χ0v) is 19.4. The van der Waals surface area contributed by atoms with Crippen molar-refractivity contribution in [1.29, 1.82) is 0 Å². The second-order valence-corrected chi connectivity index (χ2v) is 8.69. The van der Waals surface area contributed by atoms with Gasteiger partial charge in [-0.05, 0) is 43.4 Å². The summed E-state index contributed by atoms with van der Waals surface area (Å²) in [6, 6.07) is 13.6. The third kappa shape index (κ3) is 5.08. The van der Waals surface area contributed by atoms with E-state index in [9.17, 15) is 19.8 Å². The van der Waals surface area contributed by atoms with E-state index in [2.05, 4.69) is 0 Å². The van der Waals surface area contributed by atoms with Crippen LogP contribution in [0.5, 0.6) is 0 Å². The van der Waals surface area contributed by atoms with Crippen LogP contribution in [-0.2, 0) is 9.47 Å². The van der Waals surface area contributed by atoms with Crippen LogP contribution in [0.4, 0.5) is 5.69 Å². The molecule has 0 fully saturated rings. The second kappa shape index (κ2) is 10.8. The molecule has 0 bridgehead atoms. The quantitative estimate of drug-likeness (QED) is 0.244. The lowest BCUT2D eigenvalue weighted by atomic mass is 9.76. The van der Waals surface area contributed by atoms with E-state index >= 15 is 0 Å². The fraction of sp³-hybridized carbons (Fsp3) is 0.333. The van der Waals surface area contributed by atoms with Gasteiger partial charge in [-0.2, -0.15) is 0 Å². The van der Waals surface area contributed by atoms with Crippen LogP contribution in [0.15, 0.2) is 71.1 Å². The highest BCUT2D eigenvalue weighted by molar-refractivity contribution is 6.13. The summed E-state index contributed by atoms with van der Waals surface area (Å²) < 4.78 is 11.1. The Bertz CT molecular complexity index is 1190. The molecule has 2 unspecified atom stereocenters. The van der Waals surface area contributed by atoms with Crippen molar-refractivity contribution in [2.45, 2.75) is 44.3 Å². The van der Waals surface area contributed by atoms with Crippen LogP contribution in [0.3, 0.4) is 0 Å². The minimum Gasteiger partial charge on any atom is -0.496 e. The molecule has 6 N–H and O–H groups in total. The van der Waals surface area contributed by atoms with Gasteiger partial charge in [-0.1, -0.05) is 36.4 Å². The minimum absolute atomic E-state index is 0.0872. The van der Waals surface area contributed by atoms with Crippen molar-refractivity contribution in [3.8, 4) is 0 Å². The normalized spacial score (nSPS) is 19.3. The zero-order valence-electron chi connectivity index (χ0n) is 19.4. The molecule has 2 aliphatic rings. The number of nitrogens with two attached hydrogens (primary N) is 2. The number of carbonyl (C=O) groups is 2. The first kappa shape index (κ1) is 24.5. The van der Waals surface area contributed by atoms with Crippen molar-refractivity contribution >= 4 is 17.4 Å². The Hall–Kier alpha value is -3.62. The molecule has 2 aromatic carbocycles. The Labute approximate surface area is 203 Å². The highest BCUT2D eigenvalue weighted by Gasteiger charge is 2.40. The molecule has 0 saturated heterocycles. The number of rotatable bonds is 9. The molecule has 2 atom stereocenters. The molecule has 0 heterocycles. The summed E-state index contributed by atoms with van der Waals surface area (Å²) in [6.07, 6.45) is 1.05. The van der Waals surface area contributed by atoms with Crippen molar-refractivity contribution in [3.05, 3.63) is 87.8 Å². The predicted octanol–water partition coefficient (Wildman–Crippen LogP) is 3.16. The van der Waals surface area contributed by atoms with E-state index in [1.54, 1.807) is 48.5 Å². The molecule has 8 heteroatoms. The number of anilines is 1. The van der Waals surface area contributed by atoms with Crippen molar-refractivity contribution in [3.63, 3.8) is 0 Å². The molecule has 0 aromatic heterocycles. The van der Waals surface area contributed by atoms with Gasteiger partial charge in [-0.3, -0.25) is 4.79 Å². The van der Waals surface area contributed by atoms with Gasteiger partial charge in [-0.25, -0.2) is 4.79 Å². The van der Waals surface area contributed by atoms with E-state index in [-0.39, 0.29) is 29.0 Å². The maximum atomic E-state index is 12.9. The average molecular weight is 479 g/mol. The maximum absolute atomic E-state index is 12.9. The number of nitrogen functional groups attached to an aromatic ring is 1. The van der Waals surface area contributed by atoms with E-state index in [0.717, 1.165) is 19.3 Å². The summed E-state index contributed by atoms with van der Waals surface area (Å²) in [5.41, 5.74) is 14.3. The molecule has 0 saturated carbocycles. The Kier molecular flexibility index (Phi) is 7.53. The van der Waals surface area contributed by atoms with Gasteiger partial charge in [0.05, 0.1) is 30.6 Å². The monoisotopic (exact) mass is 478 g/mol. The first-order chi connectivity index (χ1) is 16.9. The summed E-state index contributed by atoms with van der Waals surface area (Å²) in [5, 5.41) is 21.5. The Balaban J connectivity index is 1.24. The Morgan fingerprint density at radius 3 is 2.37 bits per heavy atom. The Morgan fingerprint density at radius 2 is 1.60 bits per heavy atom. The second-order valence-electron chi connectivity index (χ2n) is 8.69. The molecule has 0 amide bonds. The summed E-state index contributed by atoms with van der Waals surface area (Å²) in [4.78, 5) is 24.9. The van der Waals surface area contributed by atoms with Crippen molar-refractivity contribution in [2.24, 2.45) is 5.73 Å². The summed E-state index contributed by atoms with van der Waals surface area (Å²) in [7, 11) is 0. The number of hydrogen-bond donors (Lipinski definition) is 4. The van der Waals surface area contributed by atoms with Crippen LogP contribution < -0.4 is 11.5 Å². The fourth-order valence-corrected chi connectivity index (χ4v) is 4.49. The fourth-order valence-electron chi connectivity index (χ4n) is 4.49. The number of Topliss-reactive ketones (excluding diaryl/α,β-unsaturated/α-hetero) is 1. The predicted molar refractivity (Wildman–Crippen MR) is 130 cm³/mol. The maximum Gasteiger partial charge on any atom is 0.340 e. The number of carbonyl (C=O) groups excluding carboxylic acids is 2. The minimum atomic E-state index is -1.10. The number of benzene rings is 2. The van der Waals surface area contributed by atoms with E-state index in [1.165, 1.54) is 0 Å². The third-order valence-corrected chi connectivity index (χ3v) is 6.34. The van der Waals surface area contributed by atoms with Crippen LogP contribution in [0.1, 0.15) is 64.5 Å².